The molecule has 0 unspecified atom stereocenters. The highest BCUT2D eigenvalue weighted by Gasteiger charge is 2.26. The molecule has 8 nitrogen and oxygen atoms in total. The van der Waals surface area contributed by atoms with Gasteiger partial charge in [0.2, 0.25) is 0 Å². The lowest BCUT2D eigenvalue weighted by molar-refractivity contribution is -0.114. The fraction of sp³-hybridized carbons (Fsp3) is 0.179. The van der Waals surface area contributed by atoms with Crippen LogP contribution in [0.15, 0.2) is 79.1 Å². The number of ether oxygens (including phenoxy) is 2. The van der Waals surface area contributed by atoms with Crippen molar-refractivity contribution in [3.63, 3.8) is 0 Å². The lowest BCUT2D eigenvalue weighted by Crippen LogP contribution is -2.37. The van der Waals surface area contributed by atoms with Gasteiger partial charge in [-0.15, -0.1) is 0 Å². The van der Waals surface area contributed by atoms with E-state index in [9.17, 15) is 9.18 Å². The summed E-state index contributed by atoms with van der Waals surface area (Å²) in [6.45, 7) is 1.41. The molecule has 0 saturated heterocycles. The highest BCUT2D eigenvalue weighted by atomic mass is 19.1. The van der Waals surface area contributed by atoms with Gasteiger partial charge in [-0.1, -0.05) is 24.3 Å². The molecule has 1 amide bonds. The molecular formula is C28H26FN5O3. The van der Waals surface area contributed by atoms with Crippen LogP contribution in [0.2, 0.25) is 0 Å². The van der Waals surface area contributed by atoms with Crippen molar-refractivity contribution in [2.45, 2.75) is 0 Å². The molecule has 0 bridgehead atoms. The molecule has 0 saturated carbocycles. The second-order valence-electron chi connectivity index (χ2n) is 8.72. The van der Waals surface area contributed by atoms with Crippen LogP contribution in [0.1, 0.15) is 0 Å². The van der Waals surface area contributed by atoms with Crippen molar-refractivity contribution >= 4 is 34.0 Å². The first-order chi connectivity index (χ1) is 18.0. The van der Waals surface area contributed by atoms with E-state index in [1.807, 2.05) is 55.4 Å². The van der Waals surface area contributed by atoms with E-state index >= 15 is 0 Å². The molecule has 4 aromatic rings. The Morgan fingerprint density at radius 1 is 1.16 bits per heavy atom. The molecule has 5 rings (SSSR count). The molecule has 0 atom stereocenters. The molecule has 37 heavy (non-hydrogen) atoms. The van der Waals surface area contributed by atoms with Crippen LogP contribution in [-0.2, 0) is 4.79 Å². The molecule has 1 aliphatic rings. The molecule has 9 heteroatoms. The summed E-state index contributed by atoms with van der Waals surface area (Å²) in [4.78, 5) is 25.3. The molecule has 0 radical (unpaired) electrons. The Hall–Kier alpha value is -4.50. The molecular weight excluding hydrogens is 473 g/mol. The number of hydrogen-bond donors (Lipinski definition) is 1. The Morgan fingerprint density at radius 2 is 2.00 bits per heavy atom. The van der Waals surface area contributed by atoms with E-state index in [-0.39, 0.29) is 11.7 Å². The van der Waals surface area contributed by atoms with E-state index in [1.165, 1.54) is 12.4 Å². The zero-order valence-corrected chi connectivity index (χ0v) is 20.5. The van der Waals surface area contributed by atoms with Crippen LogP contribution >= 0.6 is 0 Å². The topological polar surface area (TPSA) is 79.8 Å². The van der Waals surface area contributed by atoms with Crippen LogP contribution in [0.5, 0.6) is 17.2 Å². The van der Waals surface area contributed by atoms with Crippen molar-refractivity contribution < 1.29 is 18.7 Å². The number of nitrogens with one attached hydrogen (secondary N) is 1. The van der Waals surface area contributed by atoms with Crippen LogP contribution in [-0.4, -0.2) is 54.6 Å². The van der Waals surface area contributed by atoms with Gasteiger partial charge in [0, 0.05) is 24.4 Å². The molecule has 0 spiro atoms. The van der Waals surface area contributed by atoms with Crippen LogP contribution in [0.4, 0.5) is 21.6 Å². The summed E-state index contributed by atoms with van der Waals surface area (Å²) in [5, 5.41) is 3.78. The summed E-state index contributed by atoms with van der Waals surface area (Å²) in [5.74, 6) is 0.950. The molecule has 1 N–H and O–H groups in total. The van der Waals surface area contributed by atoms with E-state index in [1.54, 1.807) is 35.2 Å². The van der Waals surface area contributed by atoms with E-state index in [0.717, 1.165) is 0 Å². The maximum absolute atomic E-state index is 14.8. The van der Waals surface area contributed by atoms with Crippen molar-refractivity contribution in [1.29, 1.82) is 0 Å². The number of carbonyl (C=O) groups is 1. The van der Waals surface area contributed by atoms with Gasteiger partial charge < -0.3 is 24.6 Å². The molecule has 1 aliphatic heterocycles. The smallest absolute Gasteiger partial charge is 0.250 e. The van der Waals surface area contributed by atoms with Crippen LogP contribution in [0.25, 0.3) is 10.9 Å². The van der Waals surface area contributed by atoms with Gasteiger partial charge >= 0.3 is 0 Å². The first-order valence-electron chi connectivity index (χ1n) is 11.8. The molecule has 188 valence electrons. The normalized spacial score (nSPS) is 13.0. The molecule has 3 aromatic carbocycles. The second kappa shape index (κ2) is 10.6. The zero-order valence-electron chi connectivity index (χ0n) is 20.5. The second-order valence-corrected chi connectivity index (χ2v) is 8.72. The van der Waals surface area contributed by atoms with Crippen molar-refractivity contribution in [1.82, 2.24) is 14.9 Å². The van der Waals surface area contributed by atoms with E-state index in [0.29, 0.717) is 59.3 Å². The average molecular weight is 500 g/mol. The molecule has 0 fully saturated rings. The van der Waals surface area contributed by atoms with Crippen molar-refractivity contribution in [2.24, 2.45) is 0 Å². The third kappa shape index (κ3) is 5.36. The number of hydrogen-bond acceptors (Lipinski definition) is 7. The van der Waals surface area contributed by atoms with Crippen molar-refractivity contribution in [2.75, 3.05) is 44.0 Å². The Bertz CT molecular complexity index is 1460. The number of nitrogens with zero attached hydrogens (tertiary/aromatic N) is 4. The zero-order chi connectivity index (χ0) is 25.8. The van der Waals surface area contributed by atoms with Gasteiger partial charge in [0.1, 0.15) is 24.5 Å². The maximum atomic E-state index is 14.8. The first-order valence-corrected chi connectivity index (χ1v) is 11.8. The number of benzene rings is 3. The van der Waals surface area contributed by atoms with Crippen LogP contribution in [0.3, 0.4) is 0 Å². The summed E-state index contributed by atoms with van der Waals surface area (Å²) in [5.41, 5.74) is 1.75. The minimum absolute atomic E-state index is 0.112. The number of aromatic nitrogens is 2. The lowest BCUT2D eigenvalue weighted by Gasteiger charge is -2.30. The minimum Gasteiger partial charge on any atom is -0.489 e. The number of para-hydroxylation sites is 1. The predicted molar refractivity (Wildman–Crippen MR) is 141 cm³/mol. The number of anilines is 3. The van der Waals surface area contributed by atoms with Crippen LogP contribution < -0.4 is 19.7 Å². The van der Waals surface area contributed by atoms with Gasteiger partial charge in [-0.25, -0.2) is 14.4 Å². The quantitative estimate of drug-likeness (QED) is 0.352. The predicted octanol–water partition coefficient (Wildman–Crippen LogP) is 5.15. The van der Waals surface area contributed by atoms with Gasteiger partial charge in [-0.3, -0.25) is 4.79 Å². The van der Waals surface area contributed by atoms with E-state index < -0.39 is 5.82 Å². The first kappa shape index (κ1) is 24.2. The number of fused-ring (bicyclic) bond motifs is 3. The van der Waals surface area contributed by atoms with E-state index in [4.69, 9.17) is 9.47 Å². The Balaban J connectivity index is 1.45. The fourth-order valence-corrected chi connectivity index (χ4v) is 4.02. The van der Waals surface area contributed by atoms with Crippen molar-refractivity contribution in [3.8, 4) is 17.2 Å². The summed E-state index contributed by atoms with van der Waals surface area (Å²) in [6, 6.07) is 17.3. The third-order valence-electron chi connectivity index (χ3n) is 5.75. The van der Waals surface area contributed by atoms with Gasteiger partial charge in [-0.2, -0.15) is 0 Å². The maximum Gasteiger partial charge on any atom is 0.250 e. The lowest BCUT2D eigenvalue weighted by atomic mass is 10.1. The van der Waals surface area contributed by atoms with Crippen molar-refractivity contribution in [3.05, 3.63) is 85.0 Å². The highest BCUT2D eigenvalue weighted by Crippen LogP contribution is 2.41. The fourth-order valence-electron chi connectivity index (χ4n) is 4.02. The summed E-state index contributed by atoms with van der Waals surface area (Å²) in [6.07, 6.45) is 4.83. The number of halogens is 1. The number of likely N-dealkylation sites (N-methyl/N-ethyl adjacent to an activating group) is 1. The van der Waals surface area contributed by atoms with Gasteiger partial charge in [-0.05, 0) is 50.5 Å². The SMILES string of the molecule is CN(C)C/C=C/C(=O)N1CCOc2c1ccc1ncnc(Nc3ccc(Oc4ccccc4)c(F)c3)c21. The molecule has 2 heterocycles. The standard InChI is InChI=1S/C28H26FN5O3/c1-33(2)14-6-9-25(35)34-15-16-36-27-23(34)12-11-22-26(27)28(31-18-30-22)32-19-10-13-24(21(29)17-19)37-20-7-4-3-5-8-20/h3-13,17-18H,14-16H2,1-2H3,(H,30,31,32)/b9-6+. The molecule has 0 aliphatic carbocycles. The Morgan fingerprint density at radius 3 is 2.78 bits per heavy atom. The number of rotatable bonds is 7. The monoisotopic (exact) mass is 499 g/mol. The highest BCUT2D eigenvalue weighted by molar-refractivity contribution is 6.07. The van der Waals surface area contributed by atoms with Crippen LogP contribution in [0, 0.1) is 5.82 Å². The van der Waals surface area contributed by atoms with E-state index in [2.05, 4.69) is 15.3 Å². The Labute approximate surface area is 214 Å². The van der Waals surface area contributed by atoms with Gasteiger partial charge in [0.25, 0.3) is 5.91 Å². The van der Waals surface area contributed by atoms with Gasteiger partial charge in [0.05, 0.1) is 23.1 Å². The third-order valence-corrected chi connectivity index (χ3v) is 5.75. The summed E-state index contributed by atoms with van der Waals surface area (Å²) >= 11 is 0. The summed E-state index contributed by atoms with van der Waals surface area (Å²) < 4.78 is 26.5. The minimum atomic E-state index is -0.522. The largest absolute Gasteiger partial charge is 0.489 e. The average Bonchev–Trinajstić information content (AvgIpc) is 2.90. The number of carbonyl (C=O) groups excluding carboxylic acids is 1. The summed E-state index contributed by atoms with van der Waals surface area (Å²) in [7, 11) is 3.88. The van der Waals surface area contributed by atoms with Gasteiger partial charge in [0.15, 0.2) is 17.3 Å². The molecule has 1 aromatic heterocycles. The number of amides is 1. The Kier molecular flexibility index (Phi) is 6.96.